The molecule has 146 valence electrons. The van der Waals surface area contributed by atoms with Gasteiger partial charge >= 0.3 is 12.0 Å². The quantitative estimate of drug-likeness (QED) is 0.845. The van der Waals surface area contributed by atoms with Gasteiger partial charge in [-0.15, -0.1) is 0 Å². The number of nitrogens with one attached hydrogen (secondary N) is 1. The summed E-state index contributed by atoms with van der Waals surface area (Å²) in [5, 5.41) is 12.4. The van der Waals surface area contributed by atoms with E-state index in [0.29, 0.717) is 6.54 Å². The van der Waals surface area contributed by atoms with Crippen LogP contribution < -0.4 is 10.2 Å². The summed E-state index contributed by atoms with van der Waals surface area (Å²) in [6, 6.07) is 4.39. The minimum atomic E-state index is -0.716. The molecule has 1 saturated heterocycles. The molecular formula is C20H28N4O3. The minimum absolute atomic E-state index is 0.0517. The van der Waals surface area contributed by atoms with Crippen LogP contribution in [-0.2, 0) is 17.6 Å². The number of aromatic nitrogens is 1. The molecule has 1 saturated carbocycles. The lowest BCUT2D eigenvalue weighted by molar-refractivity contribution is -0.138. The Morgan fingerprint density at radius 2 is 1.93 bits per heavy atom. The van der Waals surface area contributed by atoms with E-state index in [0.717, 1.165) is 69.7 Å². The van der Waals surface area contributed by atoms with Crippen molar-refractivity contribution in [3.8, 4) is 0 Å². The highest BCUT2D eigenvalue weighted by atomic mass is 16.4. The summed E-state index contributed by atoms with van der Waals surface area (Å²) in [7, 11) is 0. The van der Waals surface area contributed by atoms with E-state index in [-0.39, 0.29) is 24.4 Å². The maximum Gasteiger partial charge on any atom is 0.326 e. The molecular weight excluding hydrogens is 344 g/mol. The topological polar surface area (TPSA) is 85.8 Å². The Balaban J connectivity index is 1.40. The number of urea groups is 1. The van der Waals surface area contributed by atoms with Crippen LogP contribution in [-0.4, -0.2) is 59.2 Å². The third-order valence-electron chi connectivity index (χ3n) is 6.20. The van der Waals surface area contributed by atoms with Crippen LogP contribution in [0.15, 0.2) is 12.1 Å². The lowest BCUT2D eigenvalue weighted by Gasteiger charge is -2.34. The first-order chi connectivity index (χ1) is 13.1. The van der Waals surface area contributed by atoms with E-state index >= 15 is 0 Å². The van der Waals surface area contributed by atoms with E-state index in [1.165, 1.54) is 5.56 Å². The Labute approximate surface area is 159 Å². The zero-order chi connectivity index (χ0) is 18.8. The van der Waals surface area contributed by atoms with Gasteiger partial charge in [0, 0.05) is 44.2 Å². The molecule has 7 nitrogen and oxygen atoms in total. The van der Waals surface area contributed by atoms with Gasteiger partial charge in [0.05, 0.1) is 0 Å². The van der Waals surface area contributed by atoms with Gasteiger partial charge in [0.25, 0.3) is 0 Å². The molecule has 1 aromatic heterocycles. The number of hydrogen-bond donors (Lipinski definition) is 2. The largest absolute Gasteiger partial charge is 0.481 e. The van der Waals surface area contributed by atoms with E-state index < -0.39 is 5.97 Å². The molecule has 0 radical (unpaired) electrons. The first-order valence-corrected chi connectivity index (χ1v) is 10.1. The summed E-state index contributed by atoms with van der Waals surface area (Å²) in [5.41, 5.74) is 2.39. The predicted octanol–water partition coefficient (Wildman–Crippen LogP) is 2.05. The number of carboxylic acid groups (broad SMARTS) is 1. The van der Waals surface area contributed by atoms with Crippen molar-refractivity contribution in [2.24, 2.45) is 5.92 Å². The molecule has 3 heterocycles. The highest BCUT2D eigenvalue weighted by Gasteiger charge is 2.37. The molecule has 0 spiro atoms. The number of anilines is 1. The fourth-order valence-corrected chi connectivity index (χ4v) is 4.68. The van der Waals surface area contributed by atoms with Crippen LogP contribution in [0.5, 0.6) is 0 Å². The van der Waals surface area contributed by atoms with E-state index in [9.17, 15) is 9.59 Å². The lowest BCUT2D eigenvalue weighted by atomic mass is 9.83. The second-order valence-corrected chi connectivity index (χ2v) is 7.93. The summed E-state index contributed by atoms with van der Waals surface area (Å²) in [4.78, 5) is 32.5. The Morgan fingerprint density at radius 1 is 1.15 bits per heavy atom. The molecule has 7 heteroatoms. The van der Waals surface area contributed by atoms with Crippen molar-refractivity contribution in [1.82, 2.24) is 15.2 Å². The Bertz CT molecular complexity index is 715. The first kappa shape index (κ1) is 18.2. The average Bonchev–Trinajstić information content (AvgIpc) is 2.88. The smallest absolute Gasteiger partial charge is 0.326 e. The number of carboxylic acids is 1. The van der Waals surface area contributed by atoms with Crippen molar-refractivity contribution in [2.75, 3.05) is 31.1 Å². The Morgan fingerprint density at radius 3 is 2.70 bits per heavy atom. The van der Waals surface area contributed by atoms with E-state index in [1.54, 1.807) is 0 Å². The number of carbonyl (C=O) groups excluding carboxylic acids is 1. The molecule has 4 rings (SSSR count). The molecule has 0 unspecified atom stereocenters. The van der Waals surface area contributed by atoms with E-state index in [1.807, 2.05) is 15.9 Å². The van der Waals surface area contributed by atoms with Crippen molar-refractivity contribution in [3.05, 3.63) is 23.4 Å². The molecule has 2 aliphatic heterocycles. The monoisotopic (exact) mass is 372 g/mol. The summed E-state index contributed by atoms with van der Waals surface area (Å²) in [6.07, 6.45) is 5.74. The van der Waals surface area contributed by atoms with Gasteiger partial charge in [0.1, 0.15) is 5.82 Å². The molecule has 0 aromatic carbocycles. The summed E-state index contributed by atoms with van der Waals surface area (Å²) < 4.78 is 0. The van der Waals surface area contributed by atoms with E-state index in [4.69, 9.17) is 10.1 Å². The van der Waals surface area contributed by atoms with Gasteiger partial charge in [0.2, 0.25) is 0 Å². The van der Waals surface area contributed by atoms with Crippen molar-refractivity contribution in [1.29, 1.82) is 0 Å². The molecule has 27 heavy (non-hydrogen) atoms. The van der Waals surface area contributed by atoms with Crippen molar-refractivity contribution < 1.29 is 14.7 Å². The number of hydrogen-bond acceptors (Lipinski definition) is 4. The molecule has 0 bridgehead atoms. The molecule has 0 atom stereocenters. The summed E-state index contributed by atoms with van der Waals surface area (Å²) >= 11 is 0. The fraction of sp³-hybridized carbons (Fsp3) is 0.650. The highest BCUT2D eigenvalue weighted by molar-refractivity contribution is 5.93. The zero-order valence-corrected chi connectivity index (χ0v) is 15.7. The number of rotatable bonds is 4. The fourth-order valence-electron chi connectivity index (χ4n) is 4.68. The predicted molar refractivity (Wildman–Crippen MR) is 102 cm³/mol. The maximum atomic E-state index is 13.0. The highest BCUT2D eigenvalue weighted by Crippen LogP contribution is 2.32. The van der Waals surface area contributed by atoms with Gasteiger partial charge in [-0.2, -0.15) is 0 Å². The number of aliphatic carboxylic acids is 1. The SMILES string of the molecule is O=C(O)CC1CCC(N2CCN(c3ccc4c(n3)CCNCC4)C2=O)CC1. The van der Waals surface area contributed by atoms with Crippen LogP contribution in [0.3, 0.4) is 0 Å². The number of fused-ring (bicyclic) bond motifs is 1. The number of amides is 2. The molecule has 1 aliphatic carbocycles. The molecule has 2 fully saturated rings. The van der Waals surface area contributed by atoms with Gasteiger partial charge < -0.3 is 15.3 Å². The number of pyridine rings is 1. The van der Waals surface area contributed by atoms with Gasteiger partial charge in [-0.1, -0.05) is 6.07 Å². The van der Waals surface area contributed by atoms with Crippen LogP contribution in [0.2, 0.25) is 0 Å². The van der Waals surface area contributed by atoms with Crippen molar-refractivity contribution in [2.45, 2.75) is 51.0 Å². The normalized spacial score (nSPS) is 26.0. The van der Waals surface area contributed by atoms with Crippen LogP contribution in [0.4, 0.5) is 10.6 Å². The zero-order valence-electron chi connectivity index (χ0n) is 15.7. The maximum absolute atomic E-state index is 13.0. The third-order valence-corrected chi connectivity index (χ3v) is 6.20. The van der Waals surface area contributed by atoms with E-state index in [2.05, 4.69) is 11.4 Å². The molecule has 2 N–H and O–H groups in total. The Hall–Kier alpha value is -2.15. The van der Waals surface area contributed by atoms with Gasteiger partial charge in [0.15, 0.2) is 0 Å². The molecule has 1 aromatic rings. The van der Waals surface area contributed by atoms with Crippen LogP contribution >= 0.6 is 0 Å². The third kappa shape index (κ3) is 3.93. The van der Waals surface area contributed by atoms with Crippen LogP contribution in [0.25, 0.3) is 0 Å². The average molecular weight is 372 g/mol. The van der Waals surface area contributed by atoms with Gasteiger partial charge in [-0.05, 0) is 56.2 Å². The second kappa shape index (κ2) is 7.84. The summed E-state index contributed by atoms with van der Waals surface area (Å²) in [6.45, 7) is 3.32. The molecule has 3 aliphatic rings. The van der Waals surface area contributed by atoms with Gasteiger partial charge in [-0.3, -0.25) is 9.69 Å². The summed E-state index contributed by atoms with van der Waals surface area (Å²) in [5.74, 6) is 0.307. The van der Waals surface area contributed by atoms with Crippen molar-refractivity contribution >= 4 is 17.8 Å². The molecule has 2 amide bonds. The lowest BCUT2D eigenvalue weighted by Crippen LogP contribution is -2.41. The number of carbonyl (C=O) groups is 2. The standard InChI is InChI=1S/C20H28N4O3/c25-19(26)13-14-1-4-16(5-2-14)23-11-12-24(20(23)27)18-6-3-15-7-9-21-10-8-17(15)22-18/h3,6,14,16,21H,1-2,4-5,7-13H2,(H,25,26). The Kier molecular flexibility index (Phi) is 5.29. The minimum Gasteiger partial charge on any atom is -0.481 e. The van der Waals surface area contributed by atoms with Crippen molar-refractivity contribution in [3.63, 3.8) is 0 Å². The van der Waals surface area contributed by atoms with Crippen LogP contribution in [0, 0.1) is 5.92 Å². The van der Waals surface area contributed by atoms with Gasteiger partial charge in [-0.25, -0.2) is 9.78 Å². The number of nitrogens with zero attached hydrogens (tertiary/aromatic N) is 3. The van der Waals surface area contributed by atoms with Crippen LogP contribution in [0.1, 0.15) is 43.4 Å². The first-order valence-electron chi connectivity index (χ1n) is 10.1. The second-order valence-electron chi connectivity index (χ2n) is 7.93.